The quantitative estimate of drug-likeness (QED) is 0.874. The van der Waals surface area contributed by atoms with Crippen LogP contribution in [0.2, 0.25) is 0 Å². The van der Waals surface area contributed by atoms with Crippen molar-refractivity contribution in [2.45, 2.75) is 72.1 Å². The van der Waals surface area contributed by atoms with Gasteiger partial charge in [-0.15, -0.1) is 0 Å². The van der Waals surface area contributed by atoms with Crippen LogP contribution in [0.15, 0.2) is 6.33 Å². The fourth-order valence-corrected chi connectivity index (χ4v) is 3.10. The Hall–Kier alpha value is -0.940. The molecule has 0 amide bonds. The average molecular weight is 293 g/mol. The van der Waals surface area contributed by atoms with Crippen molar-refractivity contribution in [2.75, 3.05) is 13.1 Å². The molecule has 120 valence electrons. The van der Waals surface area contributed by atoms with Crippen LogP contribution in [0.5, 0.6) is 0 Å². The van der Waals surface area contributed by atoms with Gasteiger partial charge in [0, 0.05) is 31.2 Å². The predicted octanol–water partition coefficient (Wildman–Crippen LogP) is 2.29. The highest BCUT2D eigenvalue weighted by atomic mass is 15.4. The molecular weight excluding hydrogens is 262 g/mol. The zero-order valence-electron chi connectivity index (χ0n) is 14.3. The summed E-state index contributed by atoms with van der Waals surface area (Å²) in [5, 5.41) is 8.07. The van der Waals surface area contributed by atoms with E-state index in [2.05, 4.69) is 54.9 Å². The van der Waals surface area contributed by atoms with Crippen LogP contribution in [0.4, 0.5) is 0 Å². The number of nitrogens with one attached hydrogen (secondary N) is 1. The normalized spacial score (nSPS) is 28.7. The summed E-state index contributed by atoms with van der Waals surface area (Å²) in [4.78, 5) is 7.07. The van der Waals surface area contributed by atoms with E-state index in [-0.39, 0.29) is 5.54 Å². The van der Waals surface area contributed by atoms with Gasteiger partial charge >= 0.3 is 0 Å². The number of hydrogen-bond donors (Lipinski definition) is 1. The second-order valence-corrected chi connectivity index (χ2v) is 6.60. The first-order valence-electron chi connectivity index (χ1n) is 8.39. The highest BCUT2D eigenvalue weighted by Crippen LogP contribution is 2.27. The third-order valence-electron chi connectivity index (χ3n) is 5.35. The molecule has 0 bridgehead atoms. The summed E-state index contributed by atoms with van der Waals surface area (Å²) in [5.74, 6) is 1.79. The summed E-state index contributed by atoms with van der Waals surface area (Å²) in [6.07, 6.45) is 4.05. The first-order valence-corrected chi connectivity index (χ1v) is 8.39. The van der Waals surface area contributed by atoms with Crippen LogP contribution in [0.1, 0.15) is 53.3 Å². The zero-order valence-corrected chi connectivity index (χ0v) is 14.3. The molecule has 3 atom stereocenters. The zero-order chi connectivity index (χ0) is 15.5. The van der Waals surface area contributed by atoms with Crippen LogP contribution in [0.25, 0.3) is 0 Å². The van der Waals surface area contributed by atoms with Gasteiger partial charge in [0.2, 0.25) is 0 Å². The summed E-state index contributed by atoms with van der Waals surface area (Å²) in [5.41, 5.74) is 0.203. The van der Waals surface area contributed by atoms with Crippen LogP contribution in [-0.2, 0) is 13.1 Å². The molecule has 5 heteroatoms. The molecule has 0 radical (unpaired) electrons. The highest BCUT2D eigenvalue weighted by Gasteiger charge is 2.38. The van der Waals surface area contributed by atoms with E-state index in [1.54, 1.807) is 6.33 Å². The summed E-state index contributed by atoms with van der Waals surface area (Å²) in [7, 11) is 0. The standard InChI is InChI=1S/C16H31N5/c1-6-13(4)14-9-20(16(5,7-2)11-17-14)10-15-18-12-19-21(15)8-3/h12-14,17H,6-11H2,1-5H3. The SMILES string of the molecule is CCC(C)C1CN(Cc2ncnn2CC)C(C)(CC)CN1. The van der Waals surface area contributed by atoms with Crippen molar-refractivity contribution in [1.29, 1.82) is 0 Å². The molecular formula is C16H31N5. The minimum atomic E-state index is 0.203. The number of piperazine rings is 1. The molecule has 1 aromatic rings. The predicted molar refractivity (Wildman–Crippen MR) is 86.0 cm³/mol. The molecule has 1 fully saturated rings. The maximum absolute atomic E-state index is 4.46. The van der Waals surface area contributed by atoms with Gasteiger partial charge in [0.1, 0.15) is 12.2 Å². The van der Waals surface area contributed by atoms with E-state index >= 15 is 0 Å². The largest absolute Gasteiger partial charge is 0.311 e. The molecule has 3 unspecified atom stereocenters. The van der Waals surface area contributed by atoms with Crippen molar-refractivity contribution in [1.82, 2.24) is 25.0 Å². The Morgan fingerprint density at radius 2 is 2.19 bits per heavy atom. The average Bonchev–Trinajstić information content (AvgIpc) is 2.96. The Balaban J connectivity index is 2.14. The molecule has 0 aliphatic carbocycles. The van der Waals surface area contributed by atoms with Crippen molar-refractivity contribution in [3.8, 4) is 0 Å². The number of aryl methyl sites for hydroxylation is 1. The minimum Gasteiger partial charge on any atom is -0.311 e. The molecule has 0 aromatic carbocycles. The lowest BCUT2D eigenvalue weighted by Gasteiger charge is -2.49. The summed E-state index contributed by atoms with van der Waals surface area (Å²) in [6, 6.07) is 0.577. The third kappa shape index (κ3) is 3.46. The van der Waals surface area contributed by atoms with Gasteiger partial charge in [-0.05, 0) is 26.2 Å². The lowest BCUT2D eigenvalue weighted by molar-refractivity contribution is 0.0263. The van der Waals surface area contributed by atoms with Gasteiger partial charge < -0.3 is 5.32 Å². The number of hydrogen-bond acceptors (Lipinski definition) is 4. The van der Waals surface area contributed by atoms with Gasteiger partial charge in [0.05, 0.1) is 6.54 Å². The van der Waals surface area contributed by atoms with E-state index in [0.717, 1.165) is 38.4 Å². The lowest BCUT2D eigenvalue weighted by atomic mass is 9.88. The smallest absolute Gasteiger partial charge is 0.141 e. The second kappa shape index (κ2) is 6.88. The van der Waals surface area contributed by atoms with Crippen molar-refractivity contribution in [2.24, 2.45) is 5.92 Å². The Bertz CT molecular complexity index is 444. The molecule has 1 aromatic heterocycles. The van der Waals surface area contributed by atoms with Crippen molar-refractivity contribution in [3.63, 3.8) is 0 Å². The molecule has 0 spiro atoms. The first-order chi connectivity index (χ1) is 10.0. The molecule has 1 aliphatic rings. The molecule has 1 aliphatic heterocycles. The minimum absolute atomic E-state index is 0.203. The molecule has 0 saturated carbocycles. The number of nitrogens with zero attached hydrogens (tertiary/aromatic N) is 4. The Kier molecular flexibility index (Phi) is 5.38. The fraction of sp³-hybridized carbons (Fsp3) is 0.875. The Labute approximate surface area is 129 Å². The van der Waals surface area contributed by atoms with Crippen molar-refractivity contribution < 1.29 is 0 Å². The van der Waals surface area contributed by atoms with Crippen LogP contribution in [-0.4, -0.2) is 44.3 Å². The molecule has 1 N–H and O–H groups in total. The Morgan fingerprint density at radius 3 is 2.81 bits per heavy atom. The summed E-state index contributed by atoms with van der Waals surface area (Å²) in [6.45, 7) is 15.3. The summed E-state index contributed by atoms with van der Waals surface area (Å²) >= 11 is 0. The van der Waals surface area contributed by atoms with Gasteiger partial charge in [-0.3, -0.25) is 4.90 Å². The van der Waals surface area contributed by atoms with Crippen LogP contribution < -0.4 is 5.32 Å². The molecule has 2 heterocycles. The number of rotatable bonds is 6. The molecule has 1 saturated heterocycles. The topological polar surface area (TPSA) is 46.0 Å². The van der Waals surface area contributed by atoms with E-state index < -0.39 is 0 Å². The molecule has 5 nitrogen and oxygen atoms in total. The van der Waals surface area contributed by atoms with E-state index in [4.69, 9.17) is 0 Å². The highest BCUT2D eigenvalue weighted by molar-refractivity contribution is 4.99. The van der Waals surface area contributed by atoms with Gasteiger partial charge in [-0.2, -0.15) is 5.10 Å². The molecule has 2 rings (SSSR count). The monoisotopic (exact) mass is 293 g/mol. The van der Waals surface area contributed by atoms with Crippen molar-refractivity contribution >= 4 is 0 Å². The number of aromatic nitrogens is 3. The first kappa shape index (κ1) is 16.4. The van der Waals surface area contributed by atoms with Gasteiger partial charge in [0.15, 0.2) is 0 Å². The van der Waals surface area contributed by atoms with Gasteiger partial charge in [-0.25, -0.2) is 9.67 Å². The van der Waals surface area contributed by atoms with E-state index in [1.165, 1.54) is 6.42 Å². The maximum Gasteiger partial charge on any atom is 0.141 e. The van der Waals surface area contributed by atoms with E-state index in [0.29, 0.717) is 12.0 Å². The van der Waals surface area contributed by atoms with Crippen LogP contribution >= 0.6 is 0 Å². The van der Waals surface area contributed by atoms with E-state index in [1.807, 2.05) is 4.68 Å². The van der Waals surface area contributed by atoms with Crippen LogP contribution in [0.3, 0.4) is 0 Å². The third-order valence-corrected chi connectivity index (χ3v) is 5.35. The van der Waals surface area contributed by atoms with Gasteiger partial charge in [-0.1, -0.05) is 27.2 Å². The van der Waals surface area contributed by atoms with Crippen LogP contribution in [0, 0.1) is 5.92 Å². The summed E-state index contributed by atoms with van der Waals surface area (Å²) < 4.78 is 2.01. The molecule has 21 heavy (non-hydrogen) atoms. The second-order valence-electron chi connectivity index (χ2n) is 6.60. The van der Waals surface area contributed by atoms with Gasteiger partial charge in [0.25, 0.3) is 0 Å². The lowest BCUT2D eigenvalue weighted by Crippen LogP contribution is -2.64. The fourth-order valence-electron chi connectivity index (χ4n) is 3.10. The maximum atomic E-state index is 4.46. The van der Waals surface area contributed by atoms with E-state index in [9.17, 15) is 0 Å². The Morgan fingerprint density at radius 1 is 1.43 bits per heavy atom. The van der Waals surface area contributed by atoms with Crippen molar-refractivity contribution in [3.05, 3.63) is 12.2 Å².